The van der Waals surface area contributed by atoms with Gasteiger partial charge in [0.25, 0.3) is 5.91 Å². The molecule has 1 N–H and O–H groups in total. The van der Waals surface area contributed by atoms with Gasteiger partial charge in [-0.25, -0.2) is 4.39 Å². The molecular formula is C23H27FN2O2. The first kappa shape index (κ1) is 19.1. The number of halogens is 1. The highest BCUT2D eigenvalue weighted by atomic mass is 19.1. The standard InChI is InChI=1S/C23H27FN2O2/c1-25-13-4-11-23(16-27)12-14-26(15-21(23)25)22(28)20-6-3-2-5-19(20)17-7-9-18(24)10-8-17/h2-3,5-10,21,27H,4,11-16H2,1H3/t21-,23-/m1/s1. The fourth-order valence-corrected chi connectivity index (χ4v) is 4.92. The fourth-order valence-electron chi connectivity index (χ4n) is 4.92. The van der Waals surface area contributed by atoms with Crippen LogP contribution in [-0.2, 0) is 0 Å². The molecule has 2 aromatic rings. The lowest BCUT2D eigenvalue weighted by Crippen LogP contribution is -2.62. The van der Waals surface area contributed by atoms with Crippen LogP contribution in [0.15, 0.2) is 48.5 Å². The predicted octanol–water partition coefficient (Wildman–Crippen LogP) is 3.41. The van der Waals surface area contributed by atoms with Crippen LogP contribution in [0.3, 0.4) is 0 Å². The molecule has 5 heteroatoms. The van der Waals surface area contributed by atoms with Crippen molar-refractivity contribution < 1.29 is 14.3 Å². The number of hydrogen-bond donors (Lipinski definition) is 1. The molecule has 2 aliphatic rings. The number of aliphatic hydroxyl groups excluding tert-OH is 1. The summed E-state index contributed by atoms with van der Waals surface area (Å²) < 4.78 is 13.3. The summed E-state index contributed by atoms with van der Waals surface area (Å²) in [4.78, 5) is 17.6. The van der Waals surface area contributed by atoms with Crippen LogP contribution in [0.25, 0.3) is 11.1 Å². The normalized spacial score (nSPS) is 25.4. The van der Waals surface area contributed by atoms with E-state index in [9.17, 15) is 14.3 Å². The topological polar surface area (TPSA) is 43.8 Å². The van der Waals surface area contributed by atoms with E-state index in [1.807, 2.05) is 29.2 Å². The Kier molecular flexibility index (Phi) is 5.21. The van der Waals surface area contributed by atoms with Crippen LogP contribution in [0.1, 0.15) is 29.6 Å². The number of piperidine rings is 2. The minimum absolute atomic E-state index is 0.00504. The zero-order chi connectivity index (χ0) is 19.7. The SMILES string of the molecule is CN1CCC[C@]2(CO)CCN(C(=O)c3ccccc3-c3ccc(F)cc3)C[C@@H]12. The highest BCUT2D eigenvalue weighted by Crippen LogP contribution is 2.42. The lowest BCUT2D eigenvalue weighted by Gasteiger charge is -2.53. The summed E-state index contributed by atoms with van der Waals surface area (Å²) >= 11 is 0. The number of rotatable bonds is 3. The largest absolute Gasteiger partial charge is 0.396 e. The number of likely N-dealkylation sites (tertiary alicyclic amines) is 2. The van der Waals surface area contributed by atoms with E-state index in [2.05, 4.69) is 11.9 Å². The van der Waals surface area contributed by atoms with Crippen LogP contribution in [0.4, 0.5) is 4.39 Å². The number of hydrogen-bond acceptors (Lipinski definition) is 3. The molecule has 0 aromatic heterocycles. The molecule has 0 bridgehead atoms. The zero-order valence-corrected chi connectivity index (χ0v) is 16.3. The second-order valence-electron chi connectivity index (χ2n) is 8.17. The summed E-state index contributed by atoms with van der Waals surface area (Å²) in [6, 6.07) is 14.0. The van der Waals surface area contributed by atoms with E-state index < -0.39 is 0 Å². The Balaban J connectivity index is 1.62. The minimum atomic E-state index is -0.288. The van der Waals surface area contributed by atoms with Crippen molar-refractivity contribution in [2.75, 3.05) is 33.3 Å². The van der Waals surface area contributed by atoms with Gasteiger partial charge in [-0.3, -0.25) is 4.79 Å². The Hall–Kier alpha value is -2.24. The van der Waals surface area contributed by atoms with Crippen molar-refractivity contribution >= 4 is 5.91 Å². The molecule has 0 spiro atoms. The van der Waals surface area contributed by atoms with E-state index in [-0.39, 0.29) is 29.8 Å². The molecule has 0 unspecified atom stereocenters. The van der Waals surface area contributed by atoms with Gasteiger partial charge < -0.3 is 14.9 Å². The molecule has 2 heterocycles. The van der Waals surface area contributed by atoms with Gasteiger partial charge in [-0.05, 0) is 62.2 Å². The maximum absolute atomic E-state index is 13.4. The van der Waals surface area contributed by atoms with Gasteiger partial charge in [-0.15, -0.1) is 0 Å². The van der Waals surface area contributed by atoms with E-state index >= 15 is 0 Å². The van der Waals surface area contributed by atoms with E-state index in [0.29, 0.717) is 18.7 Å². The lowest BCUT2D eigenvalue weighted by molar-refractivity contribution is -0.0601. The van der Waals surface area contributed by atoms with Crippen molar-refractivity contribution in [3.63, 3.8) is 0 Å². The second-order valence-corrected chi connectivity index (χ2v) is 8.17. The Morgan fingerprint density at radius 3 is 2.64 bits per heavy atom. The maximum Gasteiger partial charge on any atom is 0.254 e. The molecule has 28 heavy (non-hydrogen) atoms. The number of amides is 1. The molecule has 2 atom stereocenters. The van der Waals surface area contributed by atoms with Crippen molar-refractivity contribution in [3.8, 4) is 11.1 Å². The summed E-state index contributed by atoms with van der Waals surface area (Å²) in [7, 11) is 2.09. The van der Waals surface area contributed by atoms with Crippen LogP contribution in [0.2, 0.25) is 0 Å². The van der Waals surface area contributed by atoms with Crippen molar-refractivity contribution in [1.82, 2.24) is 9.80 Å². The van der Waals surface area contributed by atoms with Crippen molar-refractivity contribution in [2.24, 2.45) is 5.41 Å². The quantitative estimate of drug-likeness (QED) is 0.885. The second kappa shape index (κ2) is 7.64. The number of carbonyl (C=O) groups is 1. The maximum atomic E-state index is 13.4. The number of aliphatic hydroxyl groups is 1. The summed E-state index contributed by atoms with van der Waals surface area (Å²) in [6.45, 7) is 2.46. The van der Waals surface area contributed by atoms with Gasteiger partial charge in [0.2, 0.25) is 0 Å². The zero-order valence-electron chi connectivity index (χ0n) is 16.3. The summed E-state index contributed by atoms with van der Waals surface area (Å²) in [5.74, 6) is -0.283. The fraction of sp³-hybridized carbons (Fsp3) is 0.435. The first-order valence-electron chi connectivity index (χ1n) is 9.99. The average molecular weight is 382 g/mol. The molecule has 0 saturated carbocycles. The summed E-state index contributed by atoms with van der Waals surface area (Å²) in [5.41, 5.74) is 2.20. The molecule has 1 amide bonds. The highest BCUT2D eigenvalue weighted by molar-refractivity contribution is 6.01. The van der Waals surface area contributed by atoms with Crippen LogP contribution in [0.5, 0.6) is 0 Å². The van der Waals surface area contributed by atoms with Crippen LogP contribution >= 0.6 is 0 Å². The number of benzene rings is 2. The third-order valence-electron chi connectivity index (χ3n) is 6.61. The van der Waals surface area contributed by atoms with E-state index in [1.54, 1.807) is 12.1 Å². The van der Waals surface area contributed by atoms with E-state index in [4.69, 9.17) is 0 Å². The Bertz CT molecular complexity index is 854. The lowest BCUT2D eigenvalue weighted by atomic mass is 9.69. The molecular weight excluding hydrogens is 355 g/mol. The van der Waals surface area contributed by atoms with Gasteiger partial charge in [-0.2, -0.15) is 0 Å². The number of nitrogens with zero attached hydrogens (tertiary/aromatic N) is 2. The minimum Gasteiger partial charge on any atom is -0.396 e. The van der Waals surface area contributed by atoms with Crippen LogP contribution in [0, 0.1) is 11.2 Å². The molecule has 4 nitrogen and oxygen atoms in total. The summed E-state index contributed by atoms with van der Waals surface area (Å²) in [5, 5.41) is 10.1. The predicted molar refractivity (Wildman–Crippen MR) is 108 cm³/mol. The third-order valence-corrected chi connectivity index (χ3v) is 6.61. The number of fused-ring (bicyclic) bond motifs is 1. The van der Waals surface area contributed by atoms with Gasteiger partial charge >= 0.3 is 0 Å². The van der Waals surface area contributed by atoms with Crippen molar-refractivity contribution in [2.45, 2.75) is 25.3 Å². The molecule has 2 aromatic carbocycles. The average Bonchev–Trinajstić information content (AvgIpc) is 2.74. The van der Waals surface area contributed by atoms with Gasteiger partial charge in [-0.1, -0.05) is 30.3 Å². The van der Waals surface area contributed by atoms with Crippen LogP contribution in [-0.4, -0.2) is 60.1 Å². The molecule has 0 radical (unpaired) electrons. The Labute approximate surface area is 165 Å². The van der Waals surface area contributed by atoms with Gasteiger partial charge in [0.15, 0.2) is 0 Å². The van der Waals surface area contributed by atoms with Crippen molar-refractivity contribution in [1.29, 1.82) is 0 Å². The molecule has 0 aliphatic carbocycles. The van der Waals surface area contributed by atoms with Gasteiger partial charge in [0, 0.05) is 30.1 Å². The first-order valence-corrected chi connectivity index (χ1v) is 9.99. The third kappa shape index (κ3) is 3.33. The highest BCUT2D eigenvalue weighted by Gasteiger charge is 2.47. The molecule has 2 saturated heterocycles. The van der Waals surface area contributed by atoms with Gasteiger partial charge in [0.05, 0.1) is 6.61 Å². The monoisotopic (exact) mass is 382 g/mol. The molecule has 2 fully saturated rings. The first-order chi connectivity index (χ1) is 13.5. The smallest absolute Gasteiger partial charge is 0.254 e. The van der Waals surface area contributed by atoms with Gasteiger partial charge in [0.1, 0.15) is 5.82 Å². The van der Waals surface area contributed by atoms with E-state index in [1.165, 1.54) is 12.1 Å². The van der Waals surface area contributed by atoms with Crippen molar-refractivity contribution in [3.05, 3.63) is 59.9 Å². The molecule has 2 aliphatic heterocycles. The summed E-state index contributed by atoms with van der Waals surface area (Å²) in [6.07, 6.45) is 2.94. The Morgan fingerprint density at radius 2 is 1.89 bits per heavy atom. The van der Waals surface area contributed by atoms with E-state index in [0.717, 1.165) is 36.9 Å². The number of carbonyl (C=O) groups excluding carboxylic acids is 1. The molecule has 4 rings (SSSR count). The number of likely N-dealkylation sites (N-methyl/N-ethyl adjacent to an activating group) is 1. The Morgan fingerprint density at radius 1 is 1.14 bits per heavy atom. The molecule has 148 valence electrons. The van der Waals surface area contributed by atoms with Crippen LogP contribution < -0.4 is 0 Å².